The Morgan fingerprint density at radius 3 is 2.42 bits per heavy atom. The summed E-state index contributed by atoms with van der Waals surface area (Å²) < 4.78 is 2.11. The smallest absolute Gasteiger partial charge is 0.335 e. The first-order valence-electron chi connectivity index (χ1n) is 3.21. The van der Waals surface area contributed by atoms with E-state index in [1.54, 1.807) is 12.1 Å². The quantitative estimate of drug-likeness (QED) is 0.752. The molecule has 0 saturated carbocycles. The first-order chi connectivity index (χ1) is 5.52. The van der Waals surface area contributed by atoms with Gasteiger partial charge in [0.05, 0.1) is 5.56 Å². The normalized spacial score (nSPS) is 9.92. The van der Waals surface area contributed by atoms with E-state index >= 15 is 0 Å². The van der Waals surface area contributed by atoms with Gasteiger partial charge in [0.1, 0.15) is 0 Å². The molecule has 0 aliphatic rings. The van der Waals surface area contributed by atoms with Crippen LogP contribution in [0.1, 0.15) is 15.9 Å². The Morgan fingerprint density at radius 2 is 2.00 bits per heavy atom. The minimum absolute atomic E-state index is 0.359. The van der Waals surface area contributed by atoms with Crippen LogP contribution in [0.5, 0.6) is 0 Å². The molecule has 4 heteroatoms. The third-order valence-corrected chi connectivity index (χ3v) is 4.77. The highest BCUT2D eigenvalue weighted by molar-refractivity contribution is 14.1. The van der Waals surface area contributed by atoms with Crippen molar-refractivity contribution < 1.29 is 9.90 Å². The summed E-state index contributed by atoms with van der Waals surface area (Å²) in [5.41, 5.74) is 1.37. The van der Waals surface area contributed by atoms with Gasteiger partial charge in [-0.3, -0.25) is 0 Å². The van der Waals surface area contributed by atoms with E-state index in [2.05, 4.69) is 45.2 Å². The van der Waals surface area contributed by atoms with E-state index < -0.39 is 5.97 Å². The van der Waals surface area contributed by atoms with E-state index in [1.807, 2.05) is 6.92 Å². The second-order valence-electron chi connectivity index (χ2n) is 2.39. The number of benzene rings is 1. The number of halogens is 2. The highest BCUT2D eigenvalue weighted by Crippen LogP contribution is 2.20. The van der Waals surface area contributed by atoms with Crippen LogP contribution in [0.3, 0.4) is 0 Å². The minimum Gasteiger partial charge on any atom is -0.478 e. The van der Waals surface area contributed by atoms with Gasteiger partial charge in [0.2, 0.25) is 0 Å². The van der Waals surface area contributed by atoms with Gasteiger partial charge in [-0.25, -0.2) is 4.79 Å². The van der Waals surface area contributed by atoms with E-state index in [0.717, 1.165) is 12.7 Å². The van der Waals surface area contributed by atoms with E-state index in [0.29, 0.717) is 5.56 Å². The molecule has 0 fully saturated rings. The summed E-state index contributed by atoms with van der Waals surface area (Å²) in [7, 11) is 0. The number of carbonyl (C=O) groups is 1. The number of carboxylic acids is 1. The van der Waals surface area contributed by atoms with E-state index in [1.165, 1.54) is 0 Å². The second-order valence-corrected chi connectivity index (χ2v) is 4.64. The number of rotatable bonds is 1. The molecular weight excluding hydrogens is 382 g/mol. The average Bonchev–Trinajstić information content (AvgIpc) is 1.99. The lowest BCUT2D eigenvalue weighted by molar-refractivity contribution is 0.0696. The topological polar surface area (TPSA) is 37.3 Å². The van der Waals surface area contributed by atoms with Crippen LogP contribution in [0.15, 0.2) is 12.1 Å². The maximum Gasteiger partial charge on any atom is 0.335 e. The zero-order chi connectivity index (χ0) is 9.30. The third-order valence-electron chi connectivity index (χ3n) is 1.46. The van der Waals surface area contributed by atoms with Crippen molar-refractivity contribution in [1.29, 1.82) is 0 Å². The molecule has 1 rings (SSSR count). The predicted octanol–water partition coefficient (Wildman–Crippen LogP) is 2.90. The number of hydrogen-bond donors (Lipinski definition) is 1. The molecule has 0 unspecified atom stereocenters. The zero-order valence-electron chi connectivity index (χ0n) is 6.27. The molecule has 64 valence electrons. The fraction of sp³-hybridized carbons (Fsp3) is 0.125. The third kappa shape index (κ3) is 2.09. The van der Waals surface area contributed by atoms with Gasteiger partial charge in [-0.2, -0.15) is 0 Å². The van der Waals surface area contributed by atoms with Crippen LogP contribution in [0.4, 0.5) is 0 Å². The molecule has 0 amide bonds. The fourth-order valence-corrected chi connectivity index (χ4v) is 1.92. The highest BCUT2D eigenvalue weighted by Gasteiger charge is 2.07. The van der Waals surface area contributed by atoms with E-state index in [4.69, 9.17) is 5.11 Å². The first kappa shape index (κ1) is 10.2. The number of aryl methyl sites for hydroxylation is 1. The van der Waals surface area contributed by atoms with Gasteiger partial charge in [-0.05, 0) is 69.8 Å². The lowest BCUT2D eigenvalue weighted by atomic mass is 10.1. The van der Waals surface area contributed by atoms with Gasteiger partial charge in [-0.1, -0.05) is 0 Å². The Kier molecular flexibility index (Phi) is 3.33. The zero-order valence-corrected chi connectivity index (χ0v) is 10.6. The summed E-state index contributed by atoms with van der Waals surface area (Å²) in [4.78, 5) is 10.6. The van der Waals surface area contributed by atoms with Crippen molar-refractivity contribution in [2.24, 2.45) is 0 Å². The lowest BCUT2D eigenvalue weighted by Gasteiger charge is -2.02. The number of carboxylic acid groups (broad SMARTS) is 1. The molecule has 0 bridgehead atoms. The standard InChI is InChI=1S/C8H6I2O2/c1-4-2-5(8(11)12)3-6(9)7(4)10/h2-3H,1H3,(H,11,12). The van der Waals surface area contributed by atoms with Crippen LogP contribution in [-0.4, -0.2) is 11.1 Å². The maximum atomic E-state index is 10.6. The van der Waals surface area contributed by atoms with Gasteiger partial charge in [0.15, 0.2) is 0 Å². The summed E-state index contributed by atoms with van der Waals surface area (Å²) in [6.07, 6.45) is 0. The lowest BCUT2D eigenvalue weighted by Crippen LogP contribution is -1.99. The summed E-state index contributed by atoms with van der Waals surface area (Å²) in [6.45, 7) is 1.91. The van der Waals surface area contributed by atoms with Crippen LogP contribution in [0.2, 0.25) is 0 Å². The Hall–Kier alpha value is 0.150. The molecule has 12 heavy (non-hydrogen) atoms. The van der Waals surface area contributed by atoms with Gasteiger partial charge in [-0.15, -0.1) is 0 Å². The Bertz CT molecular complexity index is 311. The van der Waals surface area contributed by atoms with E-state index in [-0.39, 0.29) is 0 Å². The molecule has 0 radical (unpaired) electrons. The fourth-order valence-electron chi connectivity index (χ4n) is 0.850. The molecule has 0 saturated heterocycles. The van der Waals surface area contributed by atoms with Gasteiger partial charge >= 0.3 is 5.97 Å². The molecule has 0 heterocycles. The van der Waals surface area contributed by atoms with Crippen molar-refractivity contribution in [2.45, 2.75) is 6.92 Å². The SMILES string of the molecule is Cc1cc(C(=O)O)cc(I)c1I. The van der Waals surface area contributed by atoms with Crippen LogP contribution in [0.25, 0.3) is 0 Å². The molecule has 1 aromatic carbocycles. The maximum absolute atomic E-state index is 10.6. The van der Waals surface area contributed by atoms with Crippen LogP contribution < -0.4 is 0 Å². The molecule has 0 aliphatic heterocycles. The minimum atomic E-state index is -0.868. The van der Waals surface area contributed by atoms with Gasteiger partial charge in [0.25, 0.3) is 0 Å². The van der Waals surface area contributed by atoms with Crippen LogP contribution in [-0.2, 0) is 0 Å². The largest absolute Gasteiger partial charge is 0.478 e. The monoisotopic (exact) mass is 388 g/mol. The second kappa shape index (κ2) is 3.91. The molecular formula is C8H6I2O2. The predicted molar refractivity (Wildman–Crippen MR) is 63.6 cm³/mol. The van der Waals surface area contributed by atoms with E-state index in [9.17, 15) is 4.79 Å². The Labute approximate surface area is 97.6 Å². The molecule has 1 N–H and O–H groups in total. The summed E-state index contributed by atoms with van der Waals surface area (Å²) in [5.74, 6) is -0.868. The summed E-state index contributed by atoms with van der Waals surface area (Å²) >= 11 is 4.35. The molecule has 0 spiro atoms. The summed E-state index contributed by atoms with van der Waals surface area (Å²) in [5, 5.41) is 8.72. The van der Waals surface area contributed by atoms with Crippen molar-refractivity contribution >= 4 is 51.2 Å². The molecule has 0 aliphatic carbocycles. The van der Waals surface area contributed by atoms with Crippen molar-refractivity contribution in [3.8, 4) is 0 Å². The molecule has 0 aromatic heterocycles. The number of aromatic carboxylic acids is 1. The van der Waals surface area contributed by atoms with Crippen LogP contribution >= 0.6 is 45.2 Å². The summed E-state index contributed by atoms with van der Waals surface area (Å²) in [6, 6.07) is 3.37. The van der Waals surface area contributed by atoms with Crippen LogP contribution in [0, 0.1) is 14.1 Å². The molecule has 0 atom stereocenters. The Morgan fingerprint density at radius 1 is 1.42 bits per heavy atom. The Balaban J connectivity index is 3.31. The van der Waals surface area contributed by atoms with Crippen molar-refractivity contribution in [3.63, 3.8) is 0 Å². The first-order valence-corrected chi connectivity index (χ1v) is 5.37. The van der Waals surface area contributed by atoms with Gasteiger partial charge < -0.3 is 5.11 Å². The van der Waals surface area contributed by atoms with Crippen molar-refractivity contribution in [3.05, 3.63) is 30.4 Å². The average molecular weight is 388 g/mol. The van der Waals surface area contributed by atoms with Gasteiger partial charge in [0, 0.05) is 7.14 Å². The van der Waals surface area contributed by atoms with Crippen molar-refractivity contribution in [2.75, 3.05) is 0 Å². The molecule has 1 aromatic rings. The number of hydrogen-bond acceptors (Lipinski definition) is 1. The van der Waals surface area contributed by atoms with Crippen molar-refractivity contribution in [1.82, 2.24) is 0 Å². The highest BCUT2D eigenvalue weighted by atomic mass is 127. The molecule has 2 nitrogen and oxygen atoms in total.